The maximum Gasteiger partial charge on any atom is 0.179 e. The Morgan fingerprint density at radius 3 is 2.85 bits per heavy atom. The summed E-state index contributed by atoms with van der Waals surface area (Å²) < 4.78 is 0. The minimum atomic E-state index is -0.124. The Kier molecular flexibility index (Phi) is 3.22. The van der Waals surface area contributed by atoms with Gasteiger partial charge in [-0.1, -0.05) is 0 Å². The Morgan fingerprint density at radius 2 is 2.23 bits per heavy atom. The minimum Gasteiger partial charge on any atom is -0.323 e. The van der Waals surface area contributed by atoms with Crippen molar-refractivity contribution in [3.05, 3.63) is 18.1 Å². The predicted octanol–water partition coefficient (Wildman–Crippen LogP) is 0.524. The summed E-state index contributed by atoms with van der Waals surface area (Å²) in [4.78, 5) is 11.9. The van der Waals surface area contributed by atoms with Crippen molar-refractivity contribution in [2.45, 2.75) is 13.0 Å². The van der Waals surface area contributed by atoms with Crippen LogP contribution >= 0.6 is 0 Å². The third-order valence-corrected chi connectivity index (χ3v) is 1.27. The zero-order valence-corrected chi connectivity index (χ0v) is 7.31. The molecule has 68 valence electrons. The molecule has 0 aliphatic heterocycles. The van der Waals surface area contributed by atoms with Gasteiger partial charge < -0.3 is 11.1 Å². The third kappa shape index (κ3) is 2.72. The van der Waals surface area contributed by atoms with Gasteiger partial charge in [0, 0.05) is 30.9 Å². The van der Waals surface area contributed by atoms with Crippen LogP contribution < -0.4 is 5.73 Å². The van der Waals surface area contributed by atoms with Gasteiger partial charge in [0.1, 0.15) is 5.69 Å². The molecular weight excluding hydrogens is 166 g/mol. The molecule has 0 saturated carbocycles. The maximum atomic E-state index is 7.04. The van der Waals surface area contributed by atoms with E-state index >= 15 is 0 Å². The fraction of sp³-hybridized carbons (Fsp3) is 0.250. The van der Waals surface area contributed by atoms with Crippen molar-refractivity contribution in [2.24, 2.45) is 10.7 Å². The Balaban J connectivity index is 2.93. The van der Waals surface area contributed by atoms with Crippen molar-refractivity contribution in [1.82, 2.24) is 9.97 Å². The highest BCUT2D eigenvalue weighted by Gasteiger charge is 1.98. The Morgan fingerprint density at radius 1 is 1.54 bits per heavy atom. The monoisotopic (exact) mass is 177 g/mol. The van der Waals surface area contributed by atoms with Gasteiger partial charge in [-0.25, -0.2) is 15.0 Å². The van der Waals surface area contributed by atoms with Crippen molar-refractivity contribution in [1.29, 1.82) is 5.41 Å². The van der Waals surface area contributed by atoms with Crippen LogP contribution in [0.15, 0.2) is 17.4 Å². The summed E-state index contributed by atoms with van der Waals surface area (Å²) in [6, 6.07) is -0.124. The number of rotatable bonds is 3. The standard InChI is InChI=1S/C8H11N5/c1-6(10)5-13-8-7(4-9)11-2-3-12-8/h2-6,9H,10H2,1H3. The Hall–Kier alpha value is -1.62. The molecule has 1 atom stereocenters. The van der Waals surface area contributed by atoms with E-state index < -0.39 is 0 Å². The van der Waals surface area contributed by atoms with Gasteiger partial charge in [-0.15, -0.1) is 0 Å². The fourth-order valence-corrected chi connectivity index (χ4v) is 0.731. The van der Waals surface area contributed by atoms with Crippen LogP contribution in [0.5, 0.6) is 0 Å². The summed E-state index contributed by atoms with van der Waals surface area (Å²) >= 11 is 0. The number of nitrogens with one attached hydrogen (secondary N) is 1. The average Bonchev–Trinajstić information content (AvgIpc) is 2.15. The molecule has 0 radical (unpaired) electrons. The first-order valence-corrected chi connectivity index (χ1v) is 3.85. The van der Waals surface area contributed by atoms with E-state index in [0.717, 1.165) is 6.21 Å². The van der Waals surface area contributed by atoms with E-state index in [1.807, 2.05) is 6.92 Å². The van der Waals surface area contributed by atoms with Gasteiger partial charge in [0.2, 0.25) is 0 Å². The Bertz CT molecular complexity index is 318. The molecular formula is C8H11N5. The topological polar surface area (TPSA) is 88.0 Å². The first-order chi connectivity index (χ1) is 6.24. The van der Waals surface area contributed by atoms with E-state index in [0.29, 0.717) is 11.5 Å². The van der Waals surface area contributed by atoms with E-state index in [2.05, 4.69) is 15.0 Å². The number of aromatic nitrogens is 2. The molecule has 0 spiro atoms. The summed E-state index contributed by atoms with van der Waals surface area (Å²) in [7, 11) is 0. The van der Waals surface area contributed by atoms with E-state index in [9.17, 15) is 0 Å². The van der Waals surface area contributed by atoms with Gasteiger partial charge in [0.25, 0.3) is 0 Å². The number of hydrogen-bond donors (Lipinski definition) is 2. The van der Waals surface area contributed by atoms with Crippen LogP contribution in [0.3, 0.4) is 0 Å². The summed E-state index contributed by atoms with van der Waals surface area (Å²) in [5.74, 6) is 0.426. The Labute approximate surface area is 76.3 Å². The van der Waals surface area contributed by atoms with E-state index in [-0.39, 0.29) is 6.04 Å². The normalized spacial score (nSPS) is 13.1. The second-order valence-electron chi connectivity index (χ2n) is 2.55. The molecule has 5 heteroatoms. The lowest BCUT2D eigenvalue weighted by molar-refractivity contribution is 0.992. The lowest BCUT2D eigenvalue weighted by Gasteiger charge is -1.97. The van der Waals surface area contributed by atoms with Gasteiger partial charge in [-0.2, -0.15) is 0 Å². The maximum absolute atomic E-state index is 7.04. The molecule has 0 aliphatic carbocycles. The molecule has 13 heavy (non-hydrogen) atoms. The molecule has 0 amide bonds. The SMILES string of the molecule is CC(N)C=Nc1nccnc1C=N. The zero-order chi connectivity index (χ0) is 9.68. The molecule has 5 nitrogen and oxygen atoms in total. The number of hydrogen-bond acceptors (Lipinski definition) is 5. The molecule has 1 heterocycles. The van der Waals surface area contributed by atoms with Crippen molar-refractivity contribution in [3.8, 4) is 0 Å². The first-order valence-electron chi connectivity index (χ1n) is 3.85. The molecule has 0 fully saturated rings. The minimum absolute atomic E-state index is 0.124. The molecule has 1 aromatic heterocycles. The van der Waals surface area contributed by atoms with Crippen molar-refractivity contribution in [3.63, 3.8) is 0 Å². The van der Waals surface area contributed by atoms with Crippen LogP contribution in [0.25, 0.3) is 0 Å². The highest BCUT2D eigenvalue weighted by molar-refractivity contribution is 5.81. The summed E-state index contributed by atoms with van der Waals surface area (Å²) in [6.45, 7) is 1.81. The molecule has 0 aromatic carbocycles. The van der Waals surface area contributed by atoms with Gasteiger partial charge >= 0.3 is 0 Å². The lowest BCUT2D eigenvalue weighted by Crippen LogP contribution is -2.15. The van der Waals surface area contributed by atoms with Crippen LogP contribution in [-0.2, 0) is 0 Å². The fourth-order valence-electron chi connectivity index (χ4n) is 0.731. The highest BCUT2D eigenvalue weighted by Crippen LogP contribution is 2.08. The van der Waals surface area contributed by atoms with Crippen LogP contribution in [0, 0.1) is 5.41 Å². The summed E-state index contributed by atoms with van der Waals surface area (Å²) in [5.41, 5.74) is 5.92. The number of nitrogens with two attached hydrogens (primary N) is 1. The molecule has 0 aliphatic rings. The van der Waals surface area contributed by atoms with E-state index in [4.69, 9.17) is 11.1 Å². The quantitative estimate of drug-likeness (QED) is 0.660. The molecule has 3 N–H and O–H groups in total. The third-order valence-electron chi connectivity index (χ3n) is 1.27. The predicted molar refractivity (Wildman–Crippen MR) is 51.7 cm³/mol. The molecule has 1 aromatic rings. The van der Waals surface area contributed by atoms with Gasteiger partial charge in [-0.3, -0.25) is 0 Å². The van der Waals surface area contributed by atoms with Gasteiger partial charge in [-0.05, 0) is 6.92 Å². The van der Waals surface area contributed by atoms with Crippen molar-refractivity contribution in [2.75, 3.05) is 0 Å². The van der Waals surface area contributed by atoms with Crippen molar-refractivity contribution < 1.29 is 0 Å². The second-order valence-corrected chi connectivity index (χ2v) is 2.55. The van der Waals surface area contributed by atoms with Gasteiger partial charge in [0.05, 0.1) is 0 Å². The van der Waals surface area contributed by atoms with Gasteiger partial charge in [0.15, 0.2) is 5.82 Å². The second kappa shape index (κ2) is 4.42. The largest absolute Gasteiger partial charge is 0.323 e. The molecule has 0 saturated heterocycles. The summed E-state index contributed by atoms with van der Waals surface area (Å²) in [5, 5.41) is 7.04. The molecule has 1 rings (SSSR count). The number of nitrogens with zero attached hydrogens (tertiary/aromatic N) is 3. The van der Waals surface area contributed by atoms with Crippen molar-refractivity contribution >= 4 is 18.2 Å². The van der Waals surface area contributed by atoms with Crippen LogP contribution in [0.2, 0.25) is 0 Å². The van der Waals surface area contributed by atoms with Crippen LogP contribution in [-0.4, -0.2) is 28.4 Å². The number of aliphatic imine (C=N–C) groups is 1. The highest BCUT2D eigenvalue weighted by atomic mass is 14.9. The zero-order valence-electron chi connectivity index (χ0n) is 7.31. The smallest absolute Gasteiger partial charge is 0.179 e. The first kappa shape index (κ1) is 9.47. The van der Waals surface area contributed by atoms with Crippen LogP contribution in [0.4, 0.5) is 5.82 Å². The average molecular weight is 177 g/mol. The van der Waals surface area contributed by atoms with E-state index in [1.54, 1.807) is 6.21 Å². The molecule has 1 unspecified atom stereocenters. The van der Waals surface area contributed by atoms with E-state index in [1.165, 1.54) is 12.4 Å². The van der Waals surface area contributed by atoms with Crippen LogP contribution in [0.1, 0.15) is 12.6 Å². The lowest BCUT2D eigenvalue weighted by atomic mass is 10.4. The summed E-state index contributed by atoms with van der Waals surface area (Å²) in [6.07, 6.45) is 5.73. The molecule has 0 bridgehead atoms.